The third-order valence-electron chi connectivity index (χ3n) is 5.62. The van der Waals surface area contributed by atoms with E-state index in [-0.39, 0.29) is 48.2 Å². The summed E-state index contributed by atoms with van der Waals surface area (Å²) in [6.45, 7) is 5.62. The van der Waals surface area contributed by atoms with Crippen LogP contribution in [-0.4, -0.2) is 53.3 Å². The second kappa shape index (κ2) is 9.15. The number of hydrogen-bond acceptors (Lipinski definition) is 6. The van der Waals surface area contributed by atoms with Gasteiger partial charge >= 0.3 is 0 Å². The number of rotatable bonds is 4. The van der Waals surface area contributed by atoms with E-state index in [1.807, 2.05) is 4.90 Å². The van der Waals surface area contributed by atoms with Crippen molar-refractivity contribution < 1.29 is 14.1 Å². The summed E-state index contributed by atoms with van der Waals surface area (Å²) in [7, 11) is 1.68. The molecule has 2 heterocycles. The SMILES string of the molecule is CO[C@H]1C[C@@H](C(=O)N2CCC(c3nc(C(C)C)no3)CC2)CC[C@@H]1N.Cl. The average molecular weight is 387 g/mol. The molecule has 1 saturated heterocycles. The maximum atomic E-state index is 12.8. The van der Waals surface area contributed by atoms with Crippen LogP contribution in [0.1, 0.15) is 69.5 Å². The summed E-state index contributed by atoms with van der Waals surface area (Å²) in [5.74, 6) is 2.30. The van der Waals surface area contributed by atoms with Gasteiger partial charge in [-0.05, 0) is 32.1 Å². The predicted molar refractivity (Wildman–Crippen MR) is 100 cm³/mol. The lowest BCUT2D eigenvalue weighted by molar-refractivity contribution is -0.139. The van der Waals surface area contributed by atoms with Crippen molar-refractivity contribution >= 4 is 18.3 Å². The smallest absolute Gasteiger partial charge is 0.229 e. The van der Waals surface area contributed by atoms with Crippen LogP contribution in [0.4, 0.5) is 0 Å². The Morgan fingerprint density at radius 3 is 2.54 bits per heavy atom. The highest BCUT2D eigenvalue weighted by Gasteiger charge is 2.36. The Morgan fingerprint density at radius 2 is 1.96 bits per heavy atom. The van der Waals surface area contributed by atoms with E-state index in [0.29, 0.717) is 0 Å². The number of amides is 1. The molecule has 0 spiro atoms. The van der Waals surface area contributed by atoms with Crippen molar-refractivity contribution in [3.63, 3.8) is 0 Å². The zero-order valence-corrected chi connectivity index (χ0v) is 16.7. The number of methoxy groups -OCH3 is 1. The molecule has 2 aliphatic rings. The number of carbonyl (C=O) groups excluding carboxylic acids is 1. The number of likely N-dealkylation sites (tertiary alicyclic amines) is 1. The highest BCUT2D eigenvalue weighted by molar-refractivity contribution is 5.85. The minimum absolute atomic E-state index is 0. The van der Waals surface area contributed by atoms with E-state index < -0.39 is 0 Å². The van der Waals surface area contributed by atoms with Gasteiger partial charge < -0.3 is 19.9 Å². The summed E-state index contributed by atoms with van der Waals surface area (Å²) < 4.78 is 10.9. The molecule has 1 aromatic heterocycles. The third-order valence-corrected chi connectivity index (χ3v) is 5.62. The van der Waals surface area contributed by atoms with Gasteiger partial charge in [0.15, 0.2) is 5.82 Å². The van der Waals surface area contributed by atoms with Crippen LogP contribution < -0.4 is 5.73 Å². The Bertz CT molecular complexity index is 587. The van der Waals surface area contributed by atoms with Crippen LogP contribution in [0.5, 0.6) is 0 Å². The Balaban J connectivity index is 0.00000243. The average Bonchev–Trinajstić information content (AvgIpc) is 3.12. The van der Waals surface area contributed by atoms with Crippen LogP contribution >= 0.6 is 12.4 Å². The first kappa shape index (κ1) is 21.1. The lowest BCUT2D eigenvalue weighted by Crippen LogP contribution is -2.47. The van der Waals surface area contributed by atoms with Gasteiger partial charge in [0, 0.05) is 44.0 Å². The number of halogens is 1. The zero-order valence-electron chi connectivity index (χ0n) is 15.9. The number of carbonyl (C=O) groups is 1. The van der Waals surface area contributed by atoms with Crippen molar-refractivity contribution in [2.45, 2.75) is 69.9 Å². The van der Waals surface area contributed by atoms with Gasteiger partial charge in [0.25, 0.3) is 0 Å². The summed E-state index contributed by atoms with van der Waals surface area (Å²) >= 11 is 0. The molecule has 1 aliphatic heterocycles. The van der Waals surface area contributed by atoms with Gasteiger partial charge in [0.05, 0.1) is 6.10 Å². The van der Waals surface area contributed by atoms with Crippen molar-refractivity contribution in [2.75, 3.05) is 20.2 Å². The molecule has 3 atom stereocenters. The van der Waals surface area contributed by atoms with Gasteiger partial charge in [-0.1, -0.05) is 19.0 Å². The Labute approximate surface area is 161 Å². The van der Waals surface area contributed by atoms with Gasteiger partial charge in [-0.2, -0.15) is 4.98 Å². The fourth-order valence-electron chi connectivity index (χ4n) is 3.90. The molecule has 3 rings (SSSR count). The maximum absolute atomic E-state index is 12.8. The standard InChI is InChI=1S/C18H30N4O3.ClH/c1-11(2)16-20-17(25-21-16)12-6-8-22(9-7-12)18(23)13-4-5-14(19)15(10-13)24-3;/h11-15H,4-10,19H2,1-3H3;1H/t13-,14-,15-;/m0./s1. The summed E-state index contributed by atoms with van der Waals surface area (Å²) in [4.78, 5) is 19.3. The van der Waals surface area contributed by atoms with Crippen LogP contribution in [0.3, 0.4) is 0 Å². The summed E-state index contributed by atoms with van der Waals surface area (Å²) in [5, 5.41) is 4.05. The first-order chi connectivity index (χ1) is 12.0. The first-order valence-electron chi connectivity index (χ1n) is 9.40. The first-order valence-corrected chi connectivity index (χ1v) is 9.40. The number of nitrogens with two attached hydrogens (primary N) is 1. The van der Waals surface area contributed by atoms with Crippen molar-refractivity contribution in [1.29, 1.82) is 0 Å². The van der Waals surface area contributed by atoms with E-state index in [1.54, 1.807) is 7.11 Å². The number of piperidine rings is 1. The molecule has 7 nitrogen and oxygen atoms in total. The molecule has 0 aromatic carbocycles. The molecule has 2 N–H and O–H groups in total. The lowest BCUT2D eigenvalue weighted by Gasteiger charge is -2.37. The van der Waals surface area contributed by atoms with Crippen LogP contribution in [0.15, 0.2) is 4.52 Å². The van der Waals surface area contributed by atoms with E-state index in [2.05, 4.69) is 24.0 Å². The van der Waals surface area contributed by atoms with E-state index in [4.69, 9.17) is 15.0 Å². The van der Waals surface area contributed by atoms with Crippen LogP contribution in [0.25, 0.3) is 0 Å². The summed E-state index contributed by atoms with van der Waals surface area (Å²) in [5.41, 5.74) is 6.06. The fourth-order valence-corrected chi connectivity index (χ4v) is 3.90. The van der Waals surface area contributed by atoms with Crippen molar-refractivity contribution in [2.24, 2.45) is 11.7 Å². The molecule has 8 heteroatoms. The summed E-state index contributed by atoms with van der Waals surface area (Å²) in [6, 6.07) is 0.0486. The normalized spacial score (nSPS) is 27.4. The molecular weight excluding hydrogens is 356 g/mol. The second-order valence-electron chi connectivity index (χ2n) is 7.69. The largest absolute Gasteiger partial charge is 0.380 e. The van der Waals surface area contributed by atoms with Crippen molar-refractivity contribution in [1.82, 2.24) is 15.0 Å². The monoisotopic (exact) mass is 386 g/mol. The molecule has 0 unspecified atom stereocenters. The zero-order chi connectivity index (χ0) is 18.0. The van der Waals surface area contributed by atoms with Crippen molar-refractivity contribution in [3.05, 3.63) is 11.7 Å². The maximum Gasteiger partial charge on any atom is 0.229 e. The molecule has 1 aliphatic carbocycles. The minimum Gasteiger partial charge on any atom is -0.380 e. The number of ether oxygens (including phenoxy) is 1. The molecule has 148 valence electrons. The van der Waals surface area contributed by atoms with Gasteiger partial charge in [-0.15, -0.1) is 12.4 Å². The Morgan fingerprint density at radius 1 is 1.27 bits per heavy atom. The number of nitrogens with zero attached hydrogens (tertiary/aromatic N) is 3. The number of aromatic nitrogens is 2. The van der Waals surface area contributed by atoms with E-state index in [0.717, 1.165) is 56.9 Å². The van der Waals surface area contributed by atoms with E-state index >= 15 is 0 Å². The quantitative estimate of drug-likeness (QED) is 0.854. The summed E-state index contributed by atoms with van der Waals surface area (Å²) in [6.07, 6.45) is 4.20. The molecule has 1 aromatic rings. The van der Waals surface area contributed by atoms with E-state index in [9.17, 15) is 4.79 Å². The second-order valence-corrected chi connectivity index (χ2v) is 7.69. The van der Waals surface area contributed by atoms with Crippen molar-refractivity contribution in [3.8, 4) is 0 Å². The van der Waals surface area contributed by atoms with E-state index in [1.165, 1.54) is 0 Å². The number of hydrogen-bond donors (Lipinski definition) is 1. The molecular formula is C18H31ClN4O3. The topological polar surface area (TPSA) is 94.5 Å². The third kappa shape index (κ3) is 4.56. The predicted octanol–water partition coefficient (Wildman–Crippen LogP) is 2.46. The molecule has 1 saturated carbocycles. The molecule has 0 bridgehead atoms. The molecule has 0 radical (unpaired) electrons. The highest BCUT2D eigenvalue weighted by atomic mass is 35.5. The Hall–Kier alpha value is -1.18. The van der Waals surface area contributed by atoms with Crippen LogP contribution in [0.2, 0.25) is 0 Å². The van der Waals surface area contributed by atoms with Crippen LogP contribution in [0, 0.1) is 5.92 Å². The highest BCUT2D eigenvalue weighted by Crippen LogP contribution is 2.31. The van der Waals surface area contributed by atoms with Gasteiger partial charge in [0.1, 0.15) is 0 Å². The van der Waals surface area contributed by atoms with Gasteiger partial charge in [-0.3, -0.25) is 4.79 Å². The molecule has 1 amide bonds. The van der Waals surface area contributed by atoms with Gasteiger partial charge in [0.2, 0.25) is 11.8 Å². The molecule has 26 heavy (non-hydrogen) atoms. The van der Waals surface area contributed by atoms with Crippen LogP contribution in [-0.2, 0) is 9.53 Å². The lowest BCUT2D eigenvalue weighted by atomic mass is 9.83. The minimum atomic E-state index is -0.00640. The van der Waals surface area contributed by atoms with Gasteiger partial charge in [-0.25, -0.2) is 0 Å². The fraction of sp³-hybridized carbons (Fsp3) is 0.833. The molecule has 2 fully saturated rings. The Kier molecular flexibility index (Phi) is 7.43.